The molecule has 2 N–H and O–H groups in total. The second kappa shape index (κ2) is 12.5. The van der Waals surface area contributed by atoms with Gasteiger partial charge in [-0.05, 0) is 20.4 Å². The van der Waals surface area contributed by atoms with Crippen LogP contribution in [0.5, 0.6) is 0 Å². The van der Waals surface area contributed by atoms with E-state index in [0.29, 0.717) is 25.3 Å². The van der Waals surface area contributed by atoms with Crippen molar-refractivity contribution in [3.05, 3.63) is 0 Å². The van der Waals surface area contributed by atoms with Gasteiger partial charge in [0.15, 0.2) is 0 Å². The molecule has 0 rings (SSSR count). The van der Waals surface area contributed by atoms with Gasteiger partial charge >= 0.3 is 17.4 Å². The summed E-state index contributed by atoms with van der Waals surface area (Å²) in [6.45, 7) is 6.58. The van der Waals surface area contributed by atoms with Crippen molar-refractivity contribution in [1.29, 1.82) is 0 Å². The minimum absolute atomic E-state index is 0.254. The Morgan fingerprint density at radius 2 is 1.25 bits per heavy atom. The summed E-state index contributed by atoms with van der Waals surface area (Å²) in [6.07, 6.45) is -1.02. The van der Waals surface area contributed by atoms with Crippen LogP contribution in [-0.4, -0.2) is 87.5 Å². The van der Waals surface area contributed by atoms with Crippen molar-refractivity contribution in [1.82, 2.24) is 0 Å². The van der Waals surface area contributed by atoms with Crippen LogP contribution in [0.25, 0.3) is 0 Å². The molecular weight excluding hydrogens is 352 g/mol. The molecule has 0 amide bonds. The fourth-order valence-corrected chi connectivity index (χ4v) is 8.04. The molecule has 3 unspecified atom stereocenters. The van der Waals surface area contributed by atoms with Gasteiger partial charge in [0.25, 0.3) is 0 Å². The van der Waals surface area contributed by atoms with Crippen molar-refractivity contribution in [3.8, 4) is 0 Å². The highest BCUT2D eigenvalue weighted by Crippen LogP contribution is 2.23. The topological polar surface area (TPSA) is 95.8 Å². The second-order valence-corrected chi connectivity index (χ2v) is 12.6. The van der Waals surface area contributed by atoms with Crippen LogP contribution < -0.4 is 0 Å². The van der Waals surface area contributed by atoms with Crippen molar-refractivity contribution < 1.29 is 37.1 Å². The Bertz CT molecular complexity index is 315. The summed E-state index contributed by atoms with van der Waals surface area (Å²) in [4.78, 5) is 0. The smallest absolute Gasteiger partial charge is 0.398 e. The van der Waals surface area contributed by atoms with Crippen molar-refractivity contribution in [3.63, 3.8) is 0 Å². The van der Waals surface area contributed by atoms with Crippen molar-refractivity contribution in [2.45, 2.75) is 44.7 Å². The molecule has 0 radical (unpaired) electrons. The summed E-state index contributed by atoms with van der Waals surface area (Å²) in [5, 5.41) is 18.4. The lowest BCUT2D eigenvalue weighted by Crippen LogP contribution is -2.55. The molecular formula is C14H34O8Si2. The molecule has 0 bridgehead atoms. The molecule has 10 heteroatoms. The Labute approximate surface area is 147 Å². The molecule has 0 fully saturated rings. The fourth-order valence-electron chi connectivity index (χ4n) is 1.91. The zero-order chi connectivity index (χ0) is 18.6. The van der Waals surface area contributed by atoms with E-state index in [9.17, 15) is 10.2 Å². The van der Waals surface area contributed by atoms with Crippen LogP contribution in [0.1, 0.15) is 13.8 Å². The summed E-state index contributed by atoms with van der Waals surface area (Å²) in [5.41, 5.74) is 0. The highest BCUT2D eigenvalue weighted by molar-refractivity contribution is 6.77. The van der Waals surface area contributed by atoms with Crippen LogP contribution in [0.4, 0.5) is 0 Å². The maximum absolute atomic E-state index is 9.23. The number of ether oxygens (including phenoxy) is 2. The molecule has 24 heavy (non-hydrogen) atoms. The maximum atomic E-state index is 9.23. The lowest BCUT2D eigenvalue weighted by Gasteiger charge is -2.35. The molecule has 3 atom stereocenters. The molecule has 0 aliphatic rings. The van der Waals surface area contributed by atoms with E-state index in [1.165, 1.54) is 0 Å². The monoisotopic (exact) mass is 386 g/mol. The Morgan fingerprint density at radius 1 is 0.792 bits per heavy atom. The number of hydrogen-bond donors (Lipinski definition) is 2. The Balaban J connectivity index is 4.59. The third-order valence-electron chi connectivity index (χ3n) is 3.40. The zero-order valence-corrected chi connectivity index (χ0v) is 17.7. The largest absolute Gasteiger partial charge is 0.493 e. The maximum Gasteiger partial charge on any atom is 0.493 e. The summed E-state index contributed by atoms with van der Waals surface area (Å²) < 4.78 is 33.8. The third-order valence-corrected chi connectivity index (χ3v) is 10.4. The van der Waals surface area contributed by atoms with Gasteiger partial charge in [-0.1, -0.05) is 0 Å². The van der Waals surface area contributed by atoms with E-state index in [2.05, 4.69) is 0 Å². The molecule has 0 heterocycles. The predicted molar refractivity (Wildman–Crippen MR) is 94.1 cm³/mol. The van der Waals surface area contributed by atoms with Crippen molar-refractivity contribution in [2.24, 2.45) is 0 Å². The van der Waals surface area contributed by atoms with Crippen molar-refractivity contribution >= 4 is 17.4 Å². The molecule has 0 spiro atoms. The van der Waals surface area contributed by atoms with Crippen LogP contribution in [0.3, 0.4) is 0 Å². The molecule has 0 aliphatic heterocycles. The normalized spacial score (nSPS) is 17.5. The van der Waals surface area contributed by atoms with Gasteiger partial charge in [-0.25, -0.2) is 0 Å². The first-order chi connectivity index (χ1) is 11.2. The van der Waals surface area contributed by atoms with Gasteiger partial charge in [-0.2, -0.15) is 0 Å². The van der Waals surface area contributed by atoms with Crippen LogP contribution in [-0.2, 0) is 26.9 Å². The van der Waals surface area contributed by atoms with Gasteiger partial charge in [0.2, 0.25) is 0 Å². The highest BCUT2D eigenvalue weighted by atomic mass is 28.5. The molecule has 0 saturated carbocycles. The molecule has 0 aromatic rings. The standard InChI is InChI=1S/C14H34O8Si2/c1-13(15)11-20-7-9-23(6,17-3)22-24(18-4,19-5)10-8-21-12-14(2)16/h13-16H,7-12H2,1-6H3. The minimum atomic E-state index is -2.93. The Morgan fingerprint density at radius 3 is 1.62 bits per heavy atom. The Hall–Kier alpha value is 0.114. The number of aliphatic hydroxyl groups is 2. The van der Waals surface area contributed by atoms with Gasteiger partial charge < -0.3 is 37.1 Å². The lowest BCUT2D eigenvalue weighted by atomic mass is 10.4. The van der Waals surface area contributed by atoms with Gasteiger partial charge in [-0.15, -0.1) is 0 Å². The first-order valence-corrected chi connectivity index (χ1v) is 12.6. The molecule has 8 nitrogen and oxygen atoms in total. The van der Waals surface area contributed by atoms with E-state index >= 15 is 0 Å². The average Bonchev–Trinajstić information content (AvgIpc) is 2.54. The summed E-state index contributed by atoms with van der Waals surface area (Å²) in [6, 6.07) is 1.05. The van der Waals surface area contributed by atoms with Crippen LogP contribution in [0, 0.1) is 0 Å². The summed E-state index contributed by atoms with van der Waals surface area (Å²) in [7, 11) is -0.768. The lowest BCUT2D eigenvalue weighted by molar-refractivity contribution is 0.0421. The van der Waals surface area contributed by atoms with E-state index in [-0.39, 0.29) is 13.2 Å². The first kappa shape index (κ1) is 24.1. The predicted octanol–water partition coefficient (Wildman–Crippen LogP) is 0.748. The van der Waals surface area contributed by atoms with Gasteiger partial charge in [0.05, 0.1) is 32.0 Å². The molecule has 0 aromatic carbocycles. The average molecular weight is 387 g/mol. The summed E-state index contributed by atoms with van der Waals surface area (Å²) >= 11 is 0. The van der Waals surface area contributed by atoms with E-state index < -0.39 is 29.6 Å². The Kier molecular flexibility index (Phi) is 12.5. The molecule has 0 aromatic heterocycles. The van der Waals surface area contributed by atoms with Gasteiger partial charge in [0.1, 0.15) is 0 Å². The fraction of sp³-hybridized carbons (Fsp3) is 1.00. The molecule has 0 saturated heterocycles. The number of rotatable bonds is 15. The molecule has 146 valence electrons. The van der Waals surface area contributed by atoms with E-state index in [4.69, 9.17) is 26.9 Å². The quantitative estimate of drug-likeness (QED) is 0.314. The van der Waals surface area contributed by atoms with E-state index in [1.807, 2.05) is 6.55 Å². The van der Waals surface area contributed by atoms with Gasteiger partial charge in [-0.3, -0.25) is 0 Å². The van der Waals surface area contributed by atoms with Crippen LogP contribution in [0.15, 0.2) is 0 Å². The van der Waals surface area contributed by atoms with Crippen LogP contribution >= 0.6 is 0 Å². The zero-order valence-electron chi connectivity index (χ0n) is 15.7. The van der Waals surface area contributed by atoms with E-state index in [0.717, 1.165) is 0 Å². The number of hydrogen-bond acceptors (Lipinski definition) is 8. The van der Waals surface area contributed by atoms with Crippen LogP contribution in [0.2, 0.25) is 18.6 Å². The minimum Gasteiger partial charge on any atom is -0.398 e. The van der Waals surface area contributed by atoms with E-state index in [1.54, 1.807) is 35.2 Å². The number of aliphatic hydroxyl groups excluding tert-OH is 2. The third kappa shape index (κ3) is 10.2. The SMILES string of the molecule is CO[Si](C)(CCOCC(C)O)O[Si](CCOCC(C)O)(OC)OC. The molecule has 0 aliphatic carbocycles. The van der Waals surface area contributed by atoms with Crippen molar-refractivity contribution in [2.75, 3.05) is 47.8 Å². The van der Waals surface area contributed by atoms with Gasteiger partial charge in [0, 0.05) is 40.0 Å². The highest BCUT2D eigenvalue weighted by Gasteiger charge is 2.47. The second-order valence-electron chi connectivity index (χ2n) is 5.88. The summed E-state index contributed by atoms with van der Waals surface area (Å²) in [5.74, 6) is 0. The first-order valence-electron chi connectivity index (χ1n) is 8.09.